The molecule has 2 fully saturated rings. The molecule has 5 rings (SSSR count). The van der Waals surface area contributed by atoms with Crippen LogP contribution in [0.25, 0.3) is 0 Å². The average Bonchev–Trinajstić information content (AvgIpc) is 3.61. The molecule has 3 aliphatic rings. The molecule has 7 heteroatoms. The van der Waals surface area contributed by atoms with Crippen molar-refractivity contribution in [2.45, 2.75) is 70.1 Å². The smallest absolute Gasteiger partial charge is 0.260 e. The van der Waals surface area contributed by atoms with E-state index in [1.807, 2.05) is 23.1 Å². The highest BCUT2D eigenvalue weighted by molar-refractivity contribution is 5.81. The van der Waals surface area contributed by atoms with E-state index in [-0.39, 0.29) is 35.7 Å². The van der Waals surface area contributed by atoms with Gasteiger partial charge in [-0.15, -0.1) is 0 Å². The summed E-state index contributed by atoms with van der Waals surface area (Å²) in [5, 5.41) is 2.92. The van der Waals surface area contributed by atoms with Gasteiger partial charge in [-0.1, -0.05) is 31.0 Å². The van der Waals surface area contributed by atoms with Crippen molar-refractivity contribution in [1.29, 1.82) is 0 Å². The van der Waals surface area contributed by atoms with E-state index in [2.05, 4.69) is 5.32 Å². The number of nitrogens with zero attached hydrogens (tertiary/aromatic N) is 1. The van der Waals surface area contributed by atoms with Crippen molar-refractivity contribution in [3.8, 4) is 5.75 Å². The largest absolute Gasteiger partial charge is 0.481 e. The number of nitrogens with one attached hydrogen (secondary N) is 1. The third-order valence-electron chi connectivity index (χ3n) is 7.73. The van der Waals surface area contributed by atoms with Crippen LogP contribution in [0.1, 0.15) is 68.2 Å². The van der Waals surface area contributed by atoms with Crippen molar-refractivity contribution in [2.24, 2.45) is 5.92 Å². The zero-order valence-corrected chi connectivity index (χ0v) is 20.9. The molecular formula is C29H35FN2O4. The molecule has 2 heterocycles. The maximum absolute atomic E-state index is 13.7. The zero-order valence-electron chi connectivity index (χ0n) is 20.9. The Kier molecular flexibility index (Phi) is 7.56. The number of carbonyl (C=O) groups excluding carboxylic acids is 2. The number of rotatable bonds is 7. The van der Waals surface area contributed by atoms with Gasteiger partial charge in [-0.2, -0.15) is 0 Å². The molecule has 36 heavy (non-hydrogen) atoms. The molecule has 0 radical (unpaired) electrons. The van der Waals surface area contributed by atoms with Gasteiger partial charge in [-0.3, -0.25) is 9.59 Å². The monoisotopic (exact) mass is 494 g/mol. The molecular weight excluding hydrogens is 459 g/mol. The minimum Gasteiger partial charge on any atom is -0.481 e. The Morgan fingerprint density at radius 3 is 2.61 bits per heavy atom. The standard InChI is InChI=1S/C29H35FN2O4/c1-19(28(33)31-18-25-7-4-16-35-25)36-24-13-10-20-14-15-32(29(34)22-5-2-3-6-22)27(26(20)17-24)21-8-11-23(30)12-9-21/h8-13,17,19,22,25,27H,2-7,14-16,18H2,1H3,(H,31,33). The molecule has 6 nitrogen and oxygen atoms in total. The van der Waals surface area contributed by atoms with E-state index in [0.717, 1.165) is 68.2 Å². The summed E-state index contributed by atoms with van der Waals surface area (Å²) in [5.74, 6) is 0.331. The van der Waals surface area contributed by atoms with E-state index >= 15 is 0 Å². The van der Waals surface area contributed by atoms with Gasteiger partial charge in [0.15, 0.2) is 6.10 Å². The molecule has 1 saturated heterocycles. The predicted octanol–water partition coefficient (Wildman–Crippen LogP) is 4.55. The average molecular weight is 495 g/mol. The second kappa shape index (κ2) is 11.0. The first-order valence-corrected chi connectivity index (χ1v) is 13.2. The number of halogens is 1. The summed E-state index contributed by atoms with van der Waals surface area (Å²) in [7, 11) is 0. The van der Waals surface area contributed by atoms with Crippen LogP contribution in [0.15, 0.2) is 42.5 Å². The second-order valence-corrected chi connectivity index (χ2v) is 10.2. The summed E-state index contributed by atoms with van der Waals surface area (Å²) in [4.78, 5) is 28.1. The molecule has 0 aromatic heterocycles. The maximum Gasteiger partial charge on any atom is 0.260 e. The number of benzene rings is 2. The van der Waals surface area contributed by atoms with E-state index < -0.39 is 6.10 Å². The van der Waals surface area contributed by atoms with Crippen LogP contribution in [0.3, 0.4) is 0 Å². The summed E-state index contributed by atoms with van der Waals surface area (Å²) in [6.45, 7) is 3.60. The fourth-order valence-corrected chi connectivity index (χ4v) is 5.74. The SMILES string of the molecule is CC(Oc1ccc2c(c1)C(c1ccc(F)cc1)N(C(=O)C1CCCC1)CC2)C(=O)NCC1CCCO1. The molecule has 1 aliphatic carbocycles. The molecule has 3 atom stereocenters. The molecule has 2 aromatic rings. The summed E-state index contributed by atoms with van der Waals surface area (Å²) in [6, 6.07) is 12.0. The number of ether oxygens (including phenoxy) is 2. The third kappa shape index (κ3) is 5.41. The summed E-state index contributed by atoms with van der Waals surface area (Å²) >= 11 is 0. The molecule has 2 amide bonds. The molecule has 192 valence electrons. The van der Waals surface area contributed by atoms with Gasteiger partial charge in [0.2, 0.25) is 5.91 Å². The first-order chi connectivity index (χ1) is 17.5. The molecule has 1 saturated carbocycles. The third-order valence-corrected chi connectivity index (χ3v) is 7.73. The van der Waals surface area contributed by atoms with E-state index in [0.29, 0.717) is 18.8 Å². The van der Waals surface area contributed by atoms with Crippen LogP contribution < -0.4 is 10.1 Å². The summed E-state index contributed by atoms with van der Waals surface area (Å²) in [5.41, 5.74) is 2.99. The van der Waals surface area contributed by atoms with E-state index in [1.165, 1.54) is 12.1 Å². The quantitative estimate of drug-likeness (QED) is 0.613. The topological polar surface area (TPSA) is 67.9 Å². The Labute approximate surface area is 212 Å². The van der Waals surface area contributed by atoms with Crippen molar-refractivity contribution in [3.05, 3.63) is 65.0 Å². The molecule has 3 unspecified atom stereocenters. The summed E-state index contributed by atoms with van der Waals surface area (Å²) in [6.07, 6.45) is 6.18. The lowest BCUT2D eigenvalue weighted by atomic mass is 9.87. The number of hydrogen-bond donors (Lipinski definition) is 1. The lowest BCUT2D eigenvalue weighted by Gasteiger charge is -2.39. The van der Waals surface area contributed by atoms with Gasteiger partial charge in [0, 0.05) is 25.6 Å². The highest BCUT2D eigenvalue weighted by atomic mass is 19.1. The Hall–Kier alpha value is -2.93. The highest BCUT2D eigenvalue weighted by Gasteiger charge is 2.36. The highest BCUT2D eigenvalue weighted by Crippen LogP contribution is 2.39. The lowest BCUT2D eigenvalue weighted by molar-refractivity contribution is -0.137. The normalized spacial score (nSPS) is 22.8. The second-order valence-electron chi connectivity index (χ2n) is 10.2. The van der Waals surface area contributed by atoms with Gasteiger partial charge in [0.1, 0.15) is 11.6 Å². The molecule has 0 bridgehead atoms. The van der Waals surface area contributed by atoms with E-state index in [4.69, 9.17) is 9.47 Å². The molecule has 0 spiro atoms. The van der Waals surface area contributed by atoms with Crippen molar-refractivity contribution in [1.82, 2.24) is 10.2 Å². The zero-order chi connectivity index (χ0) is 25.1. The van der Waals surface area contributed by atoms with Crippen molar-refractivity contribution in [2.75, 3.05) is 19.7 Å². The van der Waals surface area contributed by atoms with Gasteiger partial charge in [-0.25, -0.2) is 4.39 Å². The van der Waals surface area contributed by atoms with Crippen LogP contribution in [-0.4, -0.2) is 48.6 Å². The van der Waals surface area contributed by atoms with Crippen LogP contribution >= 0.6 is 0 Å². The van der Waals surface area contributed by atoms with Gasteiger partial charge < -0.3 is 19.7 Å². The van der Waals surface area contributed by atoms with E-state index in [9.17, 15) is 14.0 Å². The molecule has 1 N–H and O–H groups in total. The molecule has 2 aliphatic heterocycles. The fourth-order valence-electron chi connectivity index (χ4n) is 5.74. The first-order valence-electron chi connectivity index (χ1n) is 13.2. The van der Waals surface area contributed by atoms with Crippen LogP contribution in [0.4, 0.5) is 4.39 Å². The van der Waals surface area contributed by atoms with Crippen LogP contribution in [0.2, 0.25) is 0 Å². The van der Waals surface area contributed by atoms with Gasteiger partial charge in [0.05, 0.1) is 12.1 Å². The Bertz CT molecular complexity index is 1080. The summed E-state index contributed by atoms with van der Waals surface area (Å²) < 4.78 is 25.4. The number of hydrogen-bond acceptors (Lipinski definition) is 4. The van der Waals surface area contributed by atoms with E-state index in [1.54, 1.807) is 19.1 Å². The fraction of sp³-hybridized carbons (Fsp3) is 0.517. The number of fused-ring (bicyclic) bond motifs is 1. The van der Waals surface area contributed by atoms with Gasteiger partial charge in [0.25, 0.3) is 5.91 Å². The van der Waals surface area contributed by atoms with Crippen molar-refractivity contribution >= 4 is 11.8 Å². The molecule has 2 aromatic carbocycles. The minimum absolute atomic E-state index is 0.0569. The Balaban J connectivity index is 1.37. The maximum atomic E-state index is 13.7. The Morgan fingerprint density at radius 1 is 1.11 bits per heavy atom. The van der Waals surface area contributed by atoms with Crippen LogP contribution in [0, 0.1) is 11.7 Å². The van der Waals surface area contributed by atoms with Gasteiger partial charge >= 0.3 is 0 Å². The Morgan fingerprint density at radius 2 is 1.89 bits per heavy atom. The number of amides is 2. The predicted molar refractivity (Wildman–Crippen MR) is 134 cm³/mol. The minimum atomic E-state index is -0.673. The van der Waals surface area contributed by atoms with Crippen molar-refractivity contribution < 1.29 is 23.5 Å². The first kappa shape index (κ1) is 24.8. The van der Waals surface area contributed by atoms with Crippen LogP contribution in [0.5, 0.6) is 5.75 Å². The van der Waals surface area contributed by atoms with Gasteiger partial charge in [-0.05, 0) is 80.0 Å². The lowest BCUT2D eigenvalue weighted by Crippen LogP contribution is -2.43. The van der Waals surface area contributed by atoms with Crippen molar-refractivity contribution in [3.63, 3.8) is 0 Å². The number of carbonyl (C=O) groups is 2. The van der Waals surface area contributed by atoms with Crippen LogP contribution in [-0.2, 0) is 20.7 Å².